The second-order valence-electron chi connectivity index (χ2n) is 8.18. The van der Waals surface area contributed by atoms with Gasteiger partial charge in [-0.15, -0.1) is 0 Å². The maximum absolute atomic E-state index is 13.0. The highest BCUT2D eigenvalue weighted by Gasteiger charge is 2.30. The molecule has 0 bridgehead atoms. The predicted octanol–water partition coefficient (Wildman–Crippen LogP) is 5.78. The summed E-state index contributed by atoms with van der Waals surface area (Å²) in [6.45, 7) is 0. The van der Waals surface area contributed by atoms with Crippen LogP contribution in [0.4, 0.5) is 13.2 Å². The molecule has 34 heavy (non-hydrogen) atoms. The van der Waals surface area contributed by atoms with Gasteiger partial charge in [-0.05, 0) is 55.5 Å². The van der Waals surface area contributed by atoms with Crippen molar-refractivity contribution in [2.75, 3.05) is 14.2 Å². The Morgan fingerprint density at radius 1 is 1.18 bits per heavy atom. The van der Waals surface area contributed by atoms with Crippen molar-refractivity contribution in [3.05, 3.63) is 65.0 Å². The van der Waals surface area contributed by atoms with Gasteiger partial charge in [0.2, 0.25) is 0 Å². The number of rotatable bonds is 6. The summed E-state index contributed by atoms with van der Waals surface area (Å²) in [7, 11) is 3.03. The summed E-state index contributed by atoms with van der Waals surface area (Å²) >= 11 is 0. The average Bonchev–Trinajstić information content (AvgIpc) is 3.23. The van der Waals surface area contributed by atoms with E-state index in [1.165, 1.54) is 20.3 Å². The van der Waals surface area contributed by atoms with E-state index in [4.69, 9.17) is 9.47 Å². The van der Waals surface area contributed by atoms with Gasteiger partial charge in [0.15, 0.2) is 0 Å². The molecule has 4 rings (SSSR count). The zero-order valence-corrected chi connectivity index (χ0v) is 18.8. The topological polar surface area (TPSA) is 76.6 Å². The number of carbonyl (C=O) groups excluding carboxylic acids is 1. The van der Waals surface area contributed by atoms with Crippen molar-refractivity contribution >= 4 is 23.2 Å². The van der Waals surface area contributed by atoms with E-state index in [9.17, 15) is 18.0 Å². The van der Waals surface area contributed by atoms with Crippen LogP contribution in [0.2, 0.25) is 0 Å². The minimum Gasteiger partial charge on any atom is -0.497 e. The van der Waals surface area contributed by atoms with Crippen LogP contribution < -0.4 is 9.47 Å². The lowest BCUT2D eigenvalue weighted by Gasteiger charge is -2.18. The third-order valence-electron chi connectivity index (χ3n) is 5.75. The third-order valence-corrected chi connectivity index (χ3v) is 5.75. The highest BCUT2D eigenvalue weighted by molar-refractivity contribution is 5.99. The molecule has 0 saturated heterocycles. The first-order valence-corrected chi connectivity index (χ1v) is 10.8. The quantitative estimate of drug-likeness (QED) is 0.365. The third kappa shape index (κ3) is 5.47. The Bertz CT molecular complexity index is 1240. The van der Waals surface area contributed by atoms with E-state index < -0.39 is 11.7 Å². The summed E-state index contributed by atoms with van der Waals surface area (Å²) in [4.78, 5) is 24.1. The van der Waals surface area contributed by atoms with Gasteiger partial charge in [0.05, 0.1) is 30.8 Å². The molecule has 1 atom stereocenters. The SMILES string of the molecule is COc1cc(OC)cc(C(=O)N=CC2CCC=C(Cc3nc4ccc(C(F)(F)F)cc4[nH]3)C2)c1. The molecule has 2 aromatic carbocycles. The number of benzene rings is 2. The van der Waals surface area contributed by atoms with Gasteiger partial charge in [-0.1, -0.05) is 11.6 Å². The van der Waals surface area contributed by atoms with Crippen molar-refractivity contribution in [1.29, 1.82) is 0 Å². The van der Waals surface area contributed by atoms with Crippen LogP contribution in [-0.4, -0.2) is 36.3 Å². The molecule has 0 fully saturated rings. The highest BCUT2D eigenvalue weighted by atomic mass is 19.4. The summed E-state index contributed by atoms with van der Waals surface area (Å²) in [5.41, 5.74) is 1.63. The number of alkyl halides is 3. The van der Waals surface area contributed by atoms with Gasteiger partial charge < -0.3 is 14.5 Å². The number of ether oxygens (including phenoxy) is 2. The summed E-state index contributed by atoms with van der Waals surface area (Å²) in [5.74, 6) is 1.32. The fraction of sp³-hybridized carbons (Fsp3) is 0.320. The Morgan fingerprint density at radius 3 is 2.59 bits per heavy atom. The van der Waals surface area contributed by atoms with Crippen molar-refractivity contribution in [3.63, 3.8) is 0 Å². The number of amides is 1. The Morgan fingerprint density at radius 2 is 1.91 bits per heavy atom. The summed E-state index contributed by atoms with van der Waals surface area (Å²) in [6, 6.07) is 8.40. The molecule has 1 aliphatic carbocycles. The van der Waals surface area contributed by atoms with E-state index in [2.05, 4.69) is 21.0 Å². The van der Waals surface area contributed by atoms with Gasteiger partial charge in [0, 0.05) is 24.3 Å². The molecule has 1 heterocycles. The van der Waals surface area contributed by atoms with Crippen LogP contribution in [0.15, 0.2) is 53.0 Å². The minimum absolute atomic E-state index is 0.0812. The maximum Gasteiger partial charge on any atom is 0.416 e. The molecule has 6 nitrogen and oxygen atoms in total. The molecular formula is C25H24F3N3O3. The van der Waals surface area contributed by atoms with E-state index in [0.717, 1.165) is 30.5 Å². The minimum atomic E-state index is -4.40. The number of aliphatic imine (C=N–C) groups is 1. The first-order chi connectivity index (χ1) is 16.2. The van der Waals surface area contributed by atoms with Gasteiger partial charge in [0.1, 0.15) is 17.3 Å². The molecule has 1 N–H and O–H groups in total. The molecule has 0 aliphatic heterocycles. The van der Waals surface area contributed by atoms with Crippen LogP contribution in [0.25, 0.3) is 11.0 Å². The number of hydrogen-bond donors (Lipinski definition) is 1. The lowest BCUT2D eigenvalue weighted by Crippen LogP contribution is -2.11. The first-order valence-electron chi connectivity index (χ1n) is 10.8. The fourth-order valence-corrected chi connectivity index (χ4v) is 4.01. The number of allylic oxidation sites excluding steroid dienone is 2. The zero-order valence-electron chi connectivity index (χ0n) is 18.8. The van der Waals surface area contributed by atoms with Crippen LogP contribution in [0.3, 0.4) is 0 Å². The number of aromatic nitrogens is 2. The van der Waals surface area contributed by atoms with Crippen molar-refractivity contribution < 1.29 is 27.4 Å². The monoisotopic (exact) mass is 471 g/mol. The molecule has 1 aliphatic rings. The number of halogens is 3. The molecule has 0 spiro atoms. The zero-order chi connectivity index (χ0) is 24.3. The van der Waals surface area contributed by atoms with E-state index in [0.29, 0.717) is 46.8 Å². The van der Waals surface area contributed by atoms with Crippen LogP contribution in [0.1, 0.15) is 41.0 Å². The van der Waals surface area contributed by atoms with E-state index in [1.54, 1.807) is 24.4 Å². The molecule has 0 saturated carbocycles. The fourth-order valence-electron chi connectivity index (χ4n) is 4.01. The number of carbonyl (C=O) groups is 1. The summed E-state index contributed by atoms with van der Waals surface area (Å²) < 4.78 is 49.3. The largest absolute Gasteiger partial charge is 0.497 e. The molecule has 1 aromatic heterocycles. The summed E-state index contributed by atoms with van der Waals surface area (Å²) in [5, 5.41) is 0. The van der Waals surface area contributed by atoms with Crippen molar-refractivity contribution in [3.8, 4) is 11.5 Å². The van der Waals surface area contributed by atoms with E-state index in [1.807, 2.05) is 0 Å². The molecule has 9 heteroatoms. The van der Waals surface area contributed by atoms with Crippen LogP contribution in [0.5, 0.6) is 11.5 Å². The Balaban J connectivity index is 1.42. The van der Waals surface area contributed by atoms with Gasteiger partial charge >= 0.3 is 6.18 Å². The number of aromatic amines is 1. The number of nitrogens with zero attached hydrogens (tertiary/aromatic N) is 2. The van der Waals surface area contributed by atoms with Crippen LogP contribution in [-0.2, 0) is 12.6 Å². The second-order valence-corrected chi connectivity index (χ2v) is 8.18. The summed E-state index contributed by atoms with van der Waals surface area (Å²) in [6.07, 6.45) is 2.28. The molecule has 3 aromatic rings. The maximum atomic E-state index is 13.0. The normalized spacial score (nSPS) is 16.6. The van der Waals surface area contributed by atoms with E-state index >= 15 is 0 Å². The van der Waals surface area contributed by atoms with Crippen molar-refractivity contribution in [1.82, 2.24) is 9.97 Å². The lowest BCUT2D eigenvalue weighted by molar-refractivity contribution is -0.137. The number of imidazole rings is 1. The van der Waals surface area contributed by atoms with Crippen molar-refractivity contribution in [2.24, 2.45) is 10.9 Å². The van der Waals surface area contributed by atoms with Crippen LogP contribution >= 0.6 is 0 Å². The molecule has 0 radical (unpaired) electrons. The van der Waals surface area contributed by atoms with Crippen LogP contribution in [0, 0.1) is 5.92 Å². The lowest BCUT2D eigenvalue weighted by atomic mass is 9.88. The number of hydrogen-bond acceptors (Lipinski definition) is 4. The predicted molar refractivity (Wildman–Crippen MR) is 123 cm³/mol. The average molecular weight is 471 g/mol. The number of fused-ring (bicyclic) bond motifs is 1. The van der Waals surface area contributed by atoms with Gasteiger partial charge in [-0.2, -0.15) is 13.2 Å². The van der Waals surface area contributed by atoms with E-state index in [-0.39, 0.29) is 11.8 Å². The smallest absolute Gasteiger partial charge is 0.416 e. The van der Waals surface area contributed by atoms with Gasteiger partial charge in [0.25, 0.3) is 5.91 Å². The Labute approximate surface area is 194 Å². The first kappa shape index (κ1) is 23.5. The Hall–Kier alpha value is -3.62. The highest BCUT2D eigenvalue weighted by Crippen LogP contribution is 2.31. The van der Waals surface area contributed by atoms with Gasteiger partial charge in [-0.3, -0.25) is 4.79 Å². The molecule has 1 unspecified atom stereocenters. The second kappa shape index (κ2) is 9.70. The Kier molecular flexibility index (Phi) is 6.72. The van der Waals surface area contributed by atoms with Crippen molar-refractivity contribution in [2.45, 2.75) is 31.9 Å². The molecule has 1 amide bonds. The number of methoxy groups -OCH3 is 2. The van der Waals surface area contributed by atoms with Gasteiger partial charge in [-0.25, -0.2) is 9.98 Å². The number of nitrogens with one attached hydrogen (secondary N) is 1. The number of H-pyrrole nitrogens is 1. The molecular weight excluding hydrogens is 447 g/mol. The standard InChI is InChI=1S/C25H24F3N3O3/c1-33-19-10-17(11-20(13-19)34-2)24(32)29-14-16-5-3-4-15(8-16)9-23-30-21-7-6-18(25(26,27)28)12-22(21)31-23/h4,6-7,10-14,16H,3,5,8-9H2,1-2H3,(H,30,31). The molecule has 178 valence electrons.